The standard InChI is InChI=1S/C52H37N5O/c1-56-47-32-29-42(33-48(47)57(2)52(56)58)38-19-17-36(18-20-38)37-21-25-39(26-22-37)43-30-31-46(45-16-10-9-15-44(43)45)51-54-49(40-13-7-4-8-14-40)53-50(55-51)41-27-23-35(24-28-41)34-11-5-3-6-12-34/h3-33H,1-2H3. The molecule has 0 aliphatic heterocycles. The molecule has 0 amide bonds. The highest BCUT2D eigenvalue weighted by molar-refractivity contribution is 6.04. The van der Waals surface area contributed by atoms with Crippen molar-refractivity contribution in [1.82, 2.24) is 24.1 Å². The second-order valence-corrected chi connectivity index (χ2v) is 14.6. The van der Waals surface area contributed by atoms with Gasteiger partial charge in [-0.1, -0.05) is 170 Å². The third-order valence-electron chi connectivity index (χ3n) is 11.1. The van der Waals surface area contributed by atoms with E-state index in [1.807, 2.05) is 56.6 Å². The lowest BCUT2D eigenvalue weighted by atomic mass is 9.93. The van der Waals surface area contributed by atoms with Crippen molar-refractivity contribution in [3.63, 3.8) is 0 Å². The van der Waals surface area contributed by atoms with Crippen LogP contribution >= 0.6 is 0 Å². The number of rotatable bonds is 7. The highest BCUT2D eigenvalue weighted by Gasteiger charge is 2.17. The van der Waals surface area contributed by atoms with E-state index in [4.69, 9.17) is 15.0 Å². The third kappa shape index (κ3) is 6.27. The summed E-state index contributed by atoms with van der Waals surface area (Å²) in [4.78, 5) is 27.6. The summed E-state index contributed by atoms with van der Waals surface area (Å²) in [5, 5.41) is 2.20. The fraction of sp³-hybridized carbons (Fsp3) is 0.0385. The molecule has 6 heteroatoms. The van der Waals surface area contributed by atoms with E-state index in [-0.39, 0.29) is 5.69 Å². The lowest BCUT2D eigenvalue weighted by molar-refractivity contribution is 0.795. The zero-order chi connectivity index (χ0) is 39.2. The van der Waals surface area contributed by atoms with Gasteiger partial charge in [0.15, 0.2) is 17.5 Å². The van der Waals surface area contributed by atoms with Crippen molar-refractivity contribution in [3.05, 3.63) is 199 Å². The Morgan fingerprint density at radius 3 is 1.29 bits per heavy atom. The van der Waals surface area contributed by atoms with E-state index in [1.54, 1.807) is 9.13 Å². The normalized spacial score (nSPS) is 11.3. The zero-order valence-corrected chi connectivity index (χ0v) is 32.0. The van der Waals surface area contributed by atoms with Crippen molar-refractivity contribution in [1.29, 1.82) is 0 Å². The predicted octanol–water partition coefficient (Wildman–Crippen LogP) is 11.9. The fourth-order valence-corrected chi connectivity index (χ4v) is 7.91. The molecule has 0 atom stereocenters. The third-order valence-corrected chi connectivity index (χ3v) is 11.1. The molecule has 0 aliphatic carbocycles. The maximum atomic E-state index is 12.5. The first-order valence-corrected chi connectivity index (χ1v) is 19.3. The lowest BCUT2D eigenvalue weighted by Crippen LogP contribution is -2.19. The van der Waals surface area contributed by atoms with Crippen molar-refractivity contribution in [2.75, 3.05) is 0 Å². The molecule has 2 heterocycles. The average molecular weight is 748 g/mol. The van der Waals surface area contributed by atoms with Crippen LogP contribution in [0.3, 0.4) is 0 Å². The Morgan fingerprint density at radius 2 is 0.707 bits per heavy atom. The van der Waals surface area contributed by atoms with Crippen LogP contribution in [0.5, 0.6) is 0 Å². The number of benzene rings is 8. The average Bonchev–Trinajstić information content (AvgIpc) is 3.52. The van der Waals surface area contributed by atoms with Crippen LogP contribution in [0.15, 0.2) is 193 Å². The minimum absolute atomic E-state index is 0.0226. The minimum Gasteiger partial charge on any atom is -0.295 e. The minimum atomic E-state index is -0.0226. The molecule has 0 saturated heterocycles. The number of aryl methyl sites for hydroxylation is 2. The number of fused-ring (bicyclic) bond motifs is 2. The summed E-state index contributed by atoms with van der Waals surface area (Å²) in [6, 6.07) is 65.3. The zero-order valence-electron chi connectivity index (χ0n) is 32.0. The van der Waals surface area contributed by atoms with E-state index < -0.39 is 0 Å². The van der Waals surface area contributed by atoms with Crippen LogP contribution in [0.2, 0.25) is 0 Å². The van der Waals surface area contributed by atoms with Crippen molar-refractivity contribution in [2.24, 2.45) is 14.1 Å². The SMILES string of the molecule is Cn1c(=O)n(C)c2cc(-c3ccc(-c4ccc(-c5ccc(-c6nc(-c7ccccc7)nc(-c7ccc(-c8ccccc8)cc7)n6)c6ccccc56)cc4)cc3)ccc21. The van der Waals surface area contributed by atoms with Gasteiger partial charge in [0.2, 0.25) is 0 Å². The lowest BCUT2D eigenvalue weighted by Gasteiger charge is -2.14. The van der Waals surface area contributed by atoms with E-state index in [2.05, 4.69) is 146 Å². The Morgan fingerprint density at radius 1 is 0.328 bits per heavy atom. The first kappa shape index (κ1) is 34.8. The molecule has 10 rings (SSSR count). The van der Waals surface area contributed by atoms with Crippen molar-refractivity contribution < 1.29 is 0 Å². The first-order chi connectivity index (χ1) is 28.5. The molecule has 0 unspecified atom stereocenters. The van der Waals surface area contributed by atoms with Crippen molar-refractivity contribution >= 4 is 21.8 Å². The Balaban J connectivity index is 0.981. The Kier molecular flexibility index (Phi) is 8.64. The smallest absolute Gasteiger partial charge is 0.295 e. The van der Waals surface area contributed by atoms with Gasteiger partial charge in [-0.2, -0.15) is 0 Å². The molecular formula is C52H37N5O. The highest BCUT2D eigenvalue weighted by atomic mass is 16.1. The van der Waals surface area contributed by atoms with Gasteiger partial charge in [0.25, 0.3) is 0 Å². The van der Waals surface area contributed by atoms with E-state index in [0.29, 0.717) is 17.5 Å². The van der Waals surface area contributed by atoms with Crippen LogP contribution in [-0.2, 0) is 14.1 Å². The number of hydrogen-bond donors (Lipinski definition) is 0. The molecule has 0 bridgehead atoms. The van der Waals surface area contributed by atoms with E-state index in [1.165, 1.54) is 5.56 Å². The van der Waals surface area contributed by atoms with Crippen molar-refractivity contribution in [3.8, 4) is 78.7 Å². The summed E-state index contributed by atoms with van der Waals surface area (Å²) in [6.07, 6.45) is 0. The van der Waals surface area contributed by atoms with Crippen LogP contribution in [0.4, 0.5) is 0 Å². The Hall–Kier alpha value is -7.70. The maximum Gasteiger partial charge on any atom is 0.328 e. The van der Waals surface area contributed by atoms with Gasteiger partial charge in [0.1, 0.15) is 0 Å². The van der Waals surface area contributed by atoms with Gasteiger partial charge in [-0.25, -0.2) is 19.7 Å². The summed E-state index contributed by atoms with van der Waals surface area (Å²) in [5.41, 5.74) is 13.7. The number of nitrogens with zero attached hydrogens (tertiary/aromatic N) is 5. The highest BCUT2D eigenvalue weighted by Crippen LogP contribution is 2.37. The van der Waals surface area contributed by atoms with E-state index >= 15 is 0 Å². The molecule has 0 radical (unpaired) electrons. The quantitative estimate of drug-likeness (QED) is 0.163. The number of hydrogen-bond acceptors (Lipinski definition) is 4. The van der Waals surface area contributed by atoms with Gasteiger partial charge in [-0.3, -0.25) is 9.13 Å². The van der Waals surface area contributed by atoms with E-state index in [0.717, 1.165) is 77.4 Å². The first-order valence-electron chi connectivity index (χ1n) is 19.3. The van der Waals surface area contributed by atoms with Gasteiger partial charge in [0.05, 0.1) is 11.0 Å². The number of imidazole rings is 1. The molecule has 276 valence electrons. The monoisotopic (exact) mass is 747 g/mol. The van der Waals surface area contributed by atoms with Gasteiger partial charge in [0, 0.05) is 30.8 Å². The molecule has 0 N–H and O–H groups in total. The molecule has 8 aromatic carbocycles. The molecular weight excluding hydrogens is 711 g/mol. The Labute approximate surface area is 336 Å². The summed E-state index contributed by atoms with van der Waals surface area (Å²) >= 11 is 0. The van der Waals surface area contributed by atoms with Crippen molar-refractivity contribution in [2.45, 2.75) is 0 Å². The fourth-order valence-electron chi connectivity index (χ4n) is 7.91. The molecule has 10 aromatic rings. The molecule has 0 saturated carbocycles. The predicted molar refractivity (Wildman–Crippen MR) is 237 cm³/mol. The second kappa shape index (κ2) is 14.4. The maximum absolute atomic E-state index is 12.5. The van der Waals surface area contributed by atoms with E-state index in [9.17, 15) is 4.79 Å². The summed E-state index contributed by atoms with van der Waals surface area (Å²) in [7, 11) is 3.63. The molecule has 6 nitrogen and oxygen atoms in total. The van der Waals surface area contributed by atoms with Gasteiger partial charge in [-0.05, 0) is 73.5 Å². The Bertz CT molecular complexity index is 3170. The molecule has 0 fully saturated rings. The summed E-state index contributed by atoms with van der Waals surface area (Å²) in [5.74, 6) is 1.89. The van der Waals surface area contributed by atoms with Crippen LogP contribution in [-0.4, -0.2) is 24.1 Å². The second-order valence-electron chi connectivity index (χ2n) is 14.6. The van der Waals surface area contributed by atoms with Gasteiger partial charge < -0.3 is 0 Å². The summed E-state index contributed by atoms with van der Waals surface area (Å²) < 4.78 is 3.38. The van der Waals surface area contributed by atoms with Crippen LogP contribution < -0.4 is 5.69 Å². The topological polar surface area (TPSA) is 65.6 Å². The molecule has 2 aromatic heterocycles. The van der Waals surface area contributed by atoms with Gasteiger partial charge >= 0.3 is 5.69 Å². The van der Waals surface area contributed by atoms with Crippen LogP contribution in [0.1, 0.15) is 0 Å². The van der Waals surface area contributed by atoms with Crippen LogP contribution in [0, 0.1) is 0 Å². The number of aromatic nitrogens is 5. The summed E-state index contributed by atoms with van der Waals surface area (Å²) in [6.45, 7) is 0. The van der Waals surface area contributed by atoms with Gasteiger partial charge in [-0.15, -0.1) is 0 Å². The largest absolute Gasteiger partial charge is 0.328 e. The molecule has 0 aliphatic rings. The molecule has 0 spiro atoms. The molecule has 58 heavy (non-hydrogen) atoms. The van der Waals surface area contributed by atoms with Crippen LogP contribution in [0.25, 0.3) is 100 Å².